The van der Waals surface area contributed by atoms with Crippen molar-refractivity contribution in [2.45, 2.75) is 40.5 Å². The van der Waals surface area contributed by atoms with E-state index in [1.807, 2.05) is 51.1 Å². The van der Waals surface area contributed by atoms with Crippen molar-refractivity contribution in [1.82, 2.24) is 0 Å². The van der Waals surface area contributed by atoms with Gasteiger partial charge in [0.15, 0.2) is 0 Å². The largest absolute Gasteiger partial charge is 0.426 e. The van der Waals surface area contributed by atoms with Gasteiger partial charge in [-0.15, -0.1) is 0 Å². The van der Waals surface area contributed by atoms with Gasteiger partial charge in [-0.2, -0.15) is 0 Å². The number of benzene rings is 2. The van der Waals surface area contributed by atoms with E-state index in [-0.39, 0.29) is 48.4 Å². The van der Waals surface area contributed by atoms with Crippen molar-refractivity contribution in [3.8, 4) is 5.75 Å². The number of allylic oxidation sites excluding steroid dienone is 2. The molecule has 0 bridgehead atoms. The van der Waals surface area contributed by atoms with Crippen molar-refractivity contribution in [3.63, 3.8) is 0 Å². The maximum Gasteiger partial charge on any atom is 0.316 e. The molecule has 3 aliphatic rings. The molecule has 0 saturated carbocycles. The number of ether oxygens (including phenoxy) is 1. The molecule has 2 aliphatic heterocycles. The highest BCUT2D eigenvalue weighted by Crippen LogP contribution is 2.41. The number of fused-ring (bicyclic) bond motifs is 1. The van der Waals surface area contributed by atoms with Crippen molar-refractivity contribution in [2.24, 2.45) is 23.7 Å². The van der Waals surface area contributed by atoms with Gasteiger partial charge in [0.05, 0.1) is 23.4 Å². The van der Waals surface area contributed by atoms with E-state index in [2.05, 4.69) is 0 Å². The molecule has 2 aromatic carbocycles. The van der Waals surface area contributed by atoms with Crippen molar-refractivity contribution in [3.05, 3.63) is 65.2 Å². The highest BCUT2D eigenvalue weighted by atomic mass is 16.5. The SMILES string of the molecule is Cc1cc(C)cc(N2C[C@H](C(=O)Oc3ccc(N4C(=O)[C@H]5[C@H](C)C=CC[C@H]5C4=O)c(C)c3)CC2=O)c1. The molecule has 2 fully saturated rings. The number of anilines is 2. The van der Waals surface area contributed by atoms with Crippen LogP contribution >= 0.6 is 0 Å². The van der Waals surface area contributed by atoms with Crippen LogP contribution in [-0.4, -0.2) is 30.2 Å². The smallest absolute Gasteiger partial charge is 0.316 e. The summed E-state index contributed by atoms with van der Waals surface area (Å²) in [6, 6.07) is 10.8. The molecule has 0 spiro atoms. The highest BCUT2D eigenvalue weighted by Gasteiger charge is 2.50. The van der Waals surface area contributed by atoms with Crippen LogP contribution in [0.2, 0.25) is 0 Å². The summed E-state index contributed by atoms with van der Waals surface area (Å²) >= 11 is 0. The molecule has 186 valence electrons. The van der Waals surface area contributed by atoms with E-state index in [1.54, 1.807) is 30.0 Å². The molecule has 0 unspecified atom stereocenters. The molecule has 3 amide bonds. The maximum atomic E-state index is 13.1. The van der Waals surface area contributed by atoms with Crippen LogP contribution in [-0.2, 0) is 19.2 Å². The average molecular weight is 487 g/mol. The molecule has 2 heterocycles. The molecule has 2 saturated heterocycles. The number of rotatable bonds is 4. The zero-order valence-corrected chi connectivity index (χ0v) is 21.0. The second-order valence-electron chi connectivity index (χ2n) is 10.3. The van der Waals surface area contributed by atoms with E-state index in [9.17, 15) is 19.2 Å². The quantitative estimate of drug-likeness (QED) is 0.279. The zero-order valence-electron chi connectivity index (χ0n) is 21.0. The van der Waals surface area contributed by atoms with Gasteiger partial charge in [-0.1, -0.05) is 25.1 Å². The second-order valence-corrected chi connectivity index (χ2v) is 10.3. The molecule has 0 N–H and O–H groups in total. The first-order valence-corrected chi connectivity index (χ1v) is 12.4. The lowest BCUT2D eigenvalue weighted by molar-refractivity contribution is -0.139. The van der Waals surface area contributed by atoms with E-state index in [0.29, 0.717) is 23.4 Å². The third kappa shape index (κ3) is 4.12. The van der Waals surface area contributed by atoms with Crippen LogP contribution < -0.4 is 14.5 Å². The van der Waals surface area contributed by atoms with Gasteiger partial charge in [0.2, 0.25) is 17.7 Å². The topological polar surface area (TPSA) is 84.0 Å². The fourth-order valence-corrected chi connectivity index (χ4v) is 5.75. The first-order valence-electron chi connectivity index (χ1n) is 12.4. The lowest BCUT2D eigenvalue weighted by Gasteiger charge is -2.22. The number of hydrogen-bond acceptors (Lipinski definition) is 5. The van der Waals surface area contributed by atoms with E-state index in [0.717, 1.165) is 16.8 Å². The fourth-order valence-electron chi connectivity index (χ4n) is 5.75. The third-order valence-corrected chi connectivity index (χ3v) is 7.48. The van der Waals surface area contributed by atoms with Gasteiger partial charge in [0, 0.05) is 18.7 Å². The molecule has 2 aromatic rings. The highest BCUT2D eigenvalue weighted by molar-refractivity contribution is 6.22. The van der Waals surface area contributed by atoms with Crippen molar-refractivity contribution in [1.29, 1.82) is 0 Å². The minimum Gasteiger partial charge on any atom is -0.426 e. The zero-order chi connectivity index (χ0) is 25.7. The number of carbonyl (C=O) groups is 4. The Morgan fingerprint density at radius 2 is 1.69 bits per heavy atom. The minimum atomic E-state index is -0.572. The minimum absolute atomic E-state index is 0.0168. The Morgan fingerprint density at radius 3 is 2.36 bits per heavy atom. The van der Waals surface area contributed by atoms with Crippen LogP contribution in [0.5, 0.6) is 5.75 Å². The van der Waals surface area contributed by atoms with Gasteiger partial charge >= 0.3 is 5.97 Å². The molecule has 0 aromatic heterocycles. The summed E-state index contributed by atoms with van der Waals surface area (Å²) in [5, 5.41) is 0. The summed E-state index contributed by atoms with van der Waals surface area (Å²) in [5.41, 5.74) is 4.08. The summed E-state index contributed by atoms with van der Waals surface area (Å²) in [5.74, 6) is -1.82. The Balaban J connectivity index is 1.29. The Kier molecular flexibility index (Phi) is 6.02. The van der Waals surface area contributed by atoms with Gasteiger partial charge in [0.1, 0.15) is 5.75 Å². The molecule has 36 heavy (non-hydrogen) atoms. The first kappa shape index (κ1) is 24.0. The standard InChI is InChI=1S/C29H30N2O5/c1-16-10-17(2)12-21(11-16)30-15-20(14-25(30)32)29(35)36-22-8-9-24(19(4)13-22)31-27(33)23-7-5-6-18(3)26(23)28(31)34/h5-6,8-13,18,20,23,26H,7,14-15H2,1-4H3/t18-,20-,23-,26+/m1/s1. The van der Waals surface area contributed by atoms with Gasteiger partial charge < -0.3 is 9.64 Å². The van der Waals surface area contributed by atoms with Crippen LogP contribution in [0.3, 0.4) is 0 Å². The number of hydrogen-bond donors (Lipinski definition) is 0. The second kappa shape index (κ2) is 9.04. The van der Waals surface area contributed by atoms with Crippen molar-refractivity contribution < 1.29 is 23.9 Å². The summed E-state index contributed by atoms with van der Waals surface area (Å²) in [6.07, 6.45) is 4.64. The van der Waals surface area contributed by atoms with Crippen LogP contribution in [0, 0.1) is 44.4 Å². The normalized spacial score (nSPS) is 25.5. The number of aryl methyl sites for hydroxylation is 3. The fraction of sp³-hybridized carbons (Fsp3) is 0.379. The summed E-state index contributed by atoms with van der Waals surface area (Å²) in [4.78, 5) is 54.7. The van der Waals surface area contributed by atoms with Crippen molar-refractivity contribution >= 4 is 35.1 Å². The van der Waals surface area contributed by atoms with Gasteiger partial charge in [0.25, 0.3) is 0 Å². The Bertz CT molecular complexity index is 1290. The third-order valence-electron chi connectivity index (χ3n) is 7.48. The van der Waals surface area contributed by atoms with Crippen LogP contribution in [0.1, 0.15) is 36.5 Å². The molecule has 5 rings (SSSR count). The molecule has 7 heteroatoms. The number of carbonyl (C=O) groups excluding carboxylic acids is 4. The molecule has 7 nitrogen and oxygen atoms in total. The molecule has 0 radical (unpaired) electrons. The number of nitrogens with zero attached hydrogens (tertiary/aromatic N) is 2. The van der Waals surface area contributed by atoms with Gasteiger partial charge in [-0.3, -0.25) is 19.2 Å². The van der Waals surface area contributed by atoms with Crippen molar-refractivity contribution in [2.75, 3.05) is 16.3 Å². The van der Waals surface area contributed by atoms with Gasteiger partial charge in [-0.05, 0) is 80.1 Å². The Morgan fingerprint density at radius 1 is 0.972 bits per heavy atom. The molecular weight excluding hydrogens is 456 g/mol. The predicted octanol–water partition coefficient (Wildman–Crippen LogP) is 4.27. The maximum absolute atomic E-state index is 13.1. The van der Waals surface area contributed by atoms with Crippen LogP contribution in [0.25, 0.3) is 0 Å². The lowest BCUT2D eigenvalue weighted by Crippen LogP contribution is -2.32. The van der Waals surface area contributed by atoms with E-state index >= 15 is 0 Å². The van der Waals surface area contributed by atoms with E-state index in [1.165, 1.54) is 4.90 Å². The van der Waals surface area contributed by atoms with Crippen LogP contribution in [0.4, 0.5) is 11.4 Å². The average Bonchev–Trinajstić information content (AvgIpc) is 3.32. The monoisotopic (exact) mass is 486 g/mol. The number of amides is 3. The van der Waals surface area contributed by atoms with Gasteiger partial charge in [-0.25, -0.2) is 4.90 Å². The predicted molar refractivity (Wildman–Crippen MR) is 136 cm³/mol. The summed E-state index contributed by atoms with van der Waals surface area (Å²) in [6.45, 7) is 7.97. The number of esters is 1. The molecule has 4 atom stereocenters. The lowest BCUT2D eigenvalue weighted by atomic mass is 9.78. The number of imide groups is 1. The Labute approximate surface area is 210 Å². The molecular formula is C29H30N2O5. The summed E-state index contributed by atoms with van der Waals surface area (Å²) in [7, 11) is 0. The van der Waals surface area contributed by atoms with E-state index in [4.69, 9.17) is 4.74 Å². The van der Waals surface area contributed by atoms with Crippen LogP contribution in [0.15, 0.2) is 48.6 Å². The Hall–Kier alpha value is -3.74. The van der Waals surface area contributed by atoms with E-state index < -0.39 is 11.9 Å². The molecule has 1 aliphatic carbocycles. The summed E-state index contributed by atoms with van der Waals surface area (Å²) < 4.78 is 5.63. The first-order chi connectivity index (χ1) is 17.1.